The summed E-state index contributed by atoms with van der Waals surface area (Å²) in [6, 6.07) is 10.6. The van der Waals surface area contributed by atoms with Crippen molar-refractivity contribution in [3.05, 3.63) is 63.2 Å². The summed E-state index contributed by atoms with van der Waals surface area (Å²) in [6.07, 6.45) is 0.741. The molecule has 0 amide bonds. The van der Waals surface area contributed by atoms with Gasteiger partial charge in [-0.1, -0.05) is 25.1 Å². The van der Waals surface area contributed by atoms with E-state index in [-0.39, 0.29) is 11.4 Å². The molecule has 0 saturated carbocycles. The Morgan fingerprint density at radius 2 is 1.81 bits per heavy atom. The van der Waals surface area contributed by atoms with Crippen molar-refractivity contribution in [1.29, 1.82) is 0 Å². The number of nitro benzene ring substituents is 1. The molecule has 0 spiro atoms. The van der Waals surface area contributed by atoms with Crippen LogP contribution < -0.4 is 10.5 Å². The van der Waals surface area contributed by atoms with E-state index >= 15 is 0 Å². The minimum absolute atomic E-state index is 0.0170. The molecule has 2 rings (SSSR count). The molecule has 2 N–H and O–H groups in total. The maximum Gasteiger partial charge on any atom is 0.311 e. The van der Waals surface area contributed by atoms with E-state index in [4.69, 9.17) is 10.5 Å². The van der Waals surface area contributed by atoms with Crippen LogP contribution in [0.15, 0.2) is 36.4 Å². The van der Waals surface area contributed by atoms with Crippen molar-refractivity contribution in [3.8, 4) is 11.5 Å². The fourth-order valence-corrected chi connectivity index (χ4v) is 2.08. The van der Waals surface area contributed by atoms with Gasteiger partial charge in [-0.2, -0.15) is 0 Å². The third-order valence-corrected chi connectivity index (χ3v) is 3.32. The van der Waals surface area contributed by atoms with Gasteiger partial charge in [0.25, 0.3) is 0 Å². The minimum atomic E-state index is -0.419. The zero-order valence-corrected chi connectivity index (χ0v) is 12.1. The van der Waals surface area contributed by atoms with Crippen LogP contribution in [0.4, 0.5) is 5.69 Å². The van der Waals surface area contributed by atoms with Gasteiger partial charge in [0.2, 0.25) is 5.75 Å². The average Bonchev–Trinajstić information content (AvgIpc) is 2.49. The monoisotopic (exact) mass is 286 g/mol. The van der Waals surface area contributed by atoms with Crippen molar-refractivity contribution >= 4 is 5.69 Å². The highest BCUT2D eigenvalue weighted by atomic mass is 16.6. The molecule has 21 heavy (non-hydrogen) atoms. The normalized spacial score (nSPS) is 10.4. The third kappa shape index (κ3) is 3.38. The number of nitro groups is 1. The maximum absolute atomic E-state index is 11.2. The highest BCUT2D eigenvalue weighted by Gasteiger charge is 2.17. The molecule has 0 radical (unpaired) electrons. The SMILES string of the molecule is CCc1ccc(Oc2ccc(CN)cc2C)c([N+](=O)[O-])c1. The van der Waals surface area contributed by atoms with Crippen LogP contribution in [0.2, 0.25) is 0 Å². The molecule has 0 atom stereocenters. The standard InChI is InChI=1S/C16H18N2O3/c1-3-12-4-7-16(14(9-12)18(19)20)21-15-6-5-13(10-17)8-11(15)2/h4-9H,3,10,17H2,1-2H3. The predicted octanol–water partition coefficient (Wildman–Crippen LogP) is 3.72. The lowest BCUT2D eigenvalue weighted by Crippen LogP contribution is -1.99. The van der Waals surface area contributed by atoms with Crippen molar-refractivity contribution in [1.82, 2.24) is 0 Å². The van der Waals surface area contributed by atoms with E-state index in [1.54, 1.807) is 18.2 Å². The van der Waals surface area contributed by atoms with Gasteiger partial charge >= 0.3 is 5.69 Å². The topological polar surface area (TPSA) is 78.4 Å². The second-order valence-electron chi connectivity index (χ2n) is 4.82. The van der Waals surface area contributed by atoms with Gasteiger partial charge in [0.1, 0.15) is 5.75 Å². The molecule has 0 aliphatic heterocycles. The lowest BCUT2D eigenvalue weighted by molar-refractivity contribution is -0.385. The molecule has 0 heterocycles. The van der Waals surface area contributed by atoms with Gasteiger partial charge in [-0.25, -0.2) is 0 Å². The van der Waals surface area contributed by atoms with Gasteiger partial charge in [-0.15, -0.1) is 0 Å². The molecule has 0 unspecified atom stereocenters. The molecule has 0 aliphatic carbocycles. The Bertz CT molecular complexity index is 669. The van der Waals surface area contributed by atoms with Crippen LogP contribution in [-0.4, -0.2) is 4.92 Å². The number of rotatable bonds is 5. The Morgan fingerprint density at radius 1 is 1.14 bits per heavy atom. The van der Waals surface area contributed by atoms with Crippen molar-refractivity contribution in [2.75, 3.05) is 0 Å². The lowest BCUT2D eigenvalue weighted by Gasteiger charge is -2.11. The van der Waals surface area contributed by atoms with E-state index in [1.807, 2.05) is 32.0 Å². The Kier molecular flexibility index (Phi) is 4.55. The van der Waals surface area contributed by atoms with E-state index in [0.717, 1.165) is 23.1 Å². The number of hydrogen-bond acceptors (Lipinski definition) is 4. The average molecular weight is 286 g/mol. The fraction of sp³-hybridized carbons (Fsp3) is 0.250. The van der Waals surface area contributed by atoms with Crippen LogP contribution in [0.25, 0.3) is 0 Å². The molecule has 0 saturated heterocycles. The van der Waals surface area contributed by atoms with E-state index < -0.39 is 4.92 Å². The van der Waals surface area contributed by atoms with Crippen molar-refractivity contribution in [3.63, 3.8) is 0 Å². The molecule has 0 bridgehead atoms. The summed E-state index contributed by atoms with van der Waals surface area (Å²) in [5, 5.41) is 11.2. The van der Waals surface area contributed by atoms with Gasteiger partial charge in [0.15, 0.2) is 0 Å². The van der Waals surface area contributed by atoms with E-state index in [1.165, 1.54) is 0 Å². The molecular formula is C16H18N2O3. The molecule has 0 aromatic heterocycles. The zero-order chi connectivity index (χ0) is 15.4. The second-order valence-corrected chi connectivity index (χ2v) is 4.82. The second kappa shape index (κ2) is 6.37. The first-order valence-corrected chi connectivity index (χ1v) is 6.80. The van der Waals surface area contributed by atoms with Crippen LogP contribution >= 0.6 is 0 Å². The largest absolute Gasteiger partial charge is 0.450 e. The summed E-state index contributed by atoms with van der Waals surface area (Å²) < 4.78 is 5.72. The number of hydrogen-bond donors (Lipinski definition) is 1. The van der Waals surface area contributed by atoms with Crippen LogP contribution in [0.1, 0.15) is 23.6 Å². The highest BCUT2D eigenvalue weighted by molar-refractivity contribution is 5.51. The lowest BCUT2D eigenvalue weighted by atomic mass is 10.1. The molecular weight excluding hydrogens is 268 g/mol. The van der Waals surface area contributed by atoms with Crippen molar-refractivity contribution < 1.29 is 9.66 Å². The first-order valence-electron chi connectivity index (χ1n) is 6.80. The third-order valence-electron chi connectivity index (χ3n) is 3.32. The molecule has 0 fully saturated rings. The van der Waals surface area contributed by atoms with Crippen LogP contribution in [0, 0.1) is 17.0 Å². The summed E-state index contributed by atoms with van der Waals surface area (Å²) in [6.45, 7) is 4.29. The van der Waals surface area contributed by atoms with Crippen molar-refractivity contribution in [2.45, 2.75) is 26.8 Å². The Labute approximate surface area is 123 Å². The van der Waals surface area contributed by atoms with Gasteiger partial charge in [-0.3, -0.25) is 10.1 Å². The van der Waals surface area contributed by atoms with Gasteiger partial charge in [0.05, 0.1) is 4.92 Å². The quantitative estimate of drug-likeness (QED) is 0.671. The van der Waals surface area contributed by atoms with Crippen molar-refractivity contribution in [2.24, 2.45) is 5.73 Å². The van der Waals surface area contributed by atoms with Crippen LogP contribution in [0.3, 0.4) is 0 Å². The first-order chi connectivity index (χ1) is 10.0. The molecule has 110 valence electrons. The molecule has 0 aliphatic rings. The first kappa shape index (κ1) is 15.0. The fourth-order valence-electron chi connectivity index (χ4n) is 2.08. The number of aryl methyl sites for hydroxylation is 2. The van der Waals surface area contributed by atoms with E-state index in [2.05, 4.69) is 0 Å². The summed E-state index contributed by atoms with van der Waals surface area (Å²) in [4.78, 5) is 10.8. The number of nitrogens with two attached hydrogens (primary N) is 1. The Balaban J connectivity index is 2.37. The van der Waals surface area contributed by atoms with E-state index in [9.17, 15) is 10.1 Å². The molecule has 5 heteroatoms. The molecule has 5 nitrogen and oxygen atoms in total. The van der Waals surface area contributed by atoms with E-state index in [0.29, 0.717) is 12.3 Å². The molecule has 2 aromatic rings. The molecule has 2 aromatic carbocycles. The van der Waals surface area contributed by atoms with Crippen LogP contribution in [0.5, 0.6) is 11.5 Å². The smallest absolute Gasteiger partial charge is 0.311 e. The number of nitrogens with zero attached hydrogens (tertiary/aromatic N) is 1. The minimum Gasteiger partial charge on any atom is -0.450 e. The van der Waals surface area contributed by atoms with Gasteiger partial charge in [0, 0.05) is 12.6 Å². The number of ether oxygens (including phenoxy) is 1. The Morgan fingerprint density at radius 3 is 2.38 bits per heavy atom. The number of benzene rings is 2. The van der Waals surface area contributed by atoms with Gasteiger partial charge in [-0.05, 0) is 42.2 Å². The van der Waals surface area contributed by atoms with Crippen LogP contribution in [-0.2, 0) is 13.0 Å². The summed E-state index contributed by atoms with van der Waals surface area (Å²) in [7, 11) is 0. The highest BCUT2D eigenvalue weighted by Crippen LogP contribution is 2.33. The summed E-state index contributed by atoms with van der Waals surface area (Å²) in [5.74, 6) is 0.848. The summed E-state index contributed by atoms with van der Waals surface area (Å²) in [5.41, 5.74) is 8.37. The predicted molar refractivity (Wildman–Crippen MR) is 81.6 cm³/mol. The van der Waals surface area contributed by atoms with Gasteiger partial charge < -0.3 is 10.5 Å². The summed E-state index contributed by atoms with van der Waals surface area (Å²) >= 11 is 0. The maximum atomic E-state index is 11.2. The zero-order valence-electron chi connectivity index (χ0n) is 12.1. The Hall–Kier alpha value is -2.40.